The van der Waals surface area contributed by atoms with Crippen LogP contribution in [0, 0.1) is 0 Å². The molecule has 0 N–H and O–H groups in total. The highest BCUT2D eigenvalue weighted by atomic mass is 35.5. The summed E-state index contributed by atoms with van der Waals surface area (Å²) in [7, 11) is 0. The zero-order valence-electron chi connectivity index (χ0n) is 7.77. The van der Waals surface area contributed by atoms with Crippen molar-refractivity contribution in [1.82, 2.24) is 4.57 Å². The number of benzene rings is 1. The van der Waals surface area contributed by atoms with Gasteiger partial charge in [0.05, 0.1) is 10.9 Å². The molecule has 1 aromatic carbocycles. The zero-order valence-corrected chi connectivity index (χ0v) is 8.53. The van der Waals surface area contributed by atoms with E-state index in [4.69, 9.17) is 11.6 Å². The fourth-order valence-electron chi connectivity index (χ4n) is 1.47. The lowest BCUT2D eigenvalue weighted by atomic mass is 10.2. The molecule has 1 heterocycles. The van der Waals surface area contributed by atoms with E-state index in [1.165, 1.54) is 4.57 Å². The summed E-state index contributed by atoms with van der Waals surface area (Å²) < 4.78 is 5.92. The molecular formula is C10H8ClNO3. The van der Waals surface area contributed by atoms with Crippen LogP contribution in [-0.2, 0) is 6.54 Å². The molecule has 0 saturated heterocycles. The summed E-state index contributed by atoms with van der Waals surface area (Å²) in [4.78, 5) is 22.7. The van der Waals surface area contributed by atoms with Crippen molar-refractivity contribution < 1.29 is 4.42 Å². The molecule has 0 bridgehead atoms. The van der Waals surface area contributed by atoms with Crippen molar-refractivity contribution in [1.29, 1.82) is 0 Å². The summed E-state index contributed by atoms with van der Waals surface area (Å²) in [6.45, 7) is 0.324. The third kappa shape index (κ3) is 1.68. The molecule has 5 heteroatoms. The normalized spacial score (nSPS) is 10.7. The first-order valence-corrected chi connectivity index (χ1v) is 4.96. The highest BCUT2D eigenvalue weighted by molar-refractivity contribution is 6.17. The van der Waals surface area contributed by atoms with Gasteiger partial charge in [-0.25, -0.2) is 9.59 Å². The Morgan fingerprint density at radius 2 is 2.00 bits per heavy atom. The van der Waals surface area contributed by atoms with E-state index in [1.807, 2.05) is 0 Å². The topological polar surface area (TPSA) is 52.2 Å². The maximum atomic E-state index is 11.4. The lowest BCUT2D eigenvalue weighted by molar-refractivity contribution is 0.422. The standard InChI is InChI=1S/C10H8ClNO3/c11-5-6-12-8-4-2-1-3-7(8)9(13)15-10(12)14/h1-4H,5-6H2. The Morgan fingerprint density at radius 1 is 1.27 bits per heavy atom. The molecule has 0 amide bonds. The van der Waals surface area contributed by atoms with Gasteiger partial charge in [-0.05, 0) is 12.1 Å². The number of para-hydroxylation sites is 1. The van der Waals surface area contributed by atoms with Gasteiger partial charge >= 0.3 is 11.4 Å². The summed E-state index contributed by atoms with van der Waals surface area (Å²) in [5.41, 5.74) is -0.0548. The summed E-state index contributed by atoms with van der Waals surface area (Å²) >= 11 is 5.57. The number of nitrogens with zero attached hydrogens (tertiary/aromatic N) is 1. The number of aryl methyl sites for hydroxylation is 1. The smallest absolute Gasteiger partial charge is 0.372 e. The molecule has 0 atom stereocenters. The van der Waals surface area contributed by atoms with Gasteiger partial charge in [-0.3, -0.25) is 4.57 Å². The van der Waals surface area contributed by atoms with Crippen LogP contribution in [0.1, 0.15) is 0 Å². The molecule has 78 valence electrons. The molecule has 0 unspecified atom stereocenters. The number of hydrogen-bond donors (Lipinski definition) is 0. The van der Waals surface area contributed by atoms with Crippen LogP contribution >= 0.6 is 11.6 Å². The fourth-order valence-corrected chi connectivity index (χ4v) is 1.63. The largest absolute Gasteiger partial charge is 0.422 e. The predicted octanol–water partition coefficient (Wildman–Crippen LogP) is 1.19. The SMILES string of the molecule is O=c1oc(=O)n(CCCl)c2ccccc12. The molecule has 15 heavy (non-hydrogen) atoms. The van der Waals surface area contributed by atoms with Gasteiger partial charge in [-0.15, -0.1) is 11.6 Å². The third-order valence-electron chi connectivity index (χ3n) is 2.12. The first-order valence-electron chi connectivity index (χ1n) is 4.42. The van der Waals surface area contributed by atoms with Crippen molar-refractivity contribution in [2.45, 2.75) is 6.54 Å². The van der Waals surface area contributed by atoms with Crippen LogP contribution in [0.3, 0.4) is 0 Å². The number of fused-ring (bicyclic) bond motifs is 1. The van der Waals surface area contributed by atoms with Gasteiger partial charge in [0.1, 0.15) is 0 Å². The summed E-state index contributed by atoms with van der Waals surface area (Å²) in [5, 5.41) is 0.391. The minimum Gasteiger partial charge on any atom is -0.372 e. The predicted molar refractivity (Wildman–Crippen MR) is 57.5 cm³/mol. The number of hydrogen-bond acceptors (Lipinski definition) is 3. The van der Waals surface area contributed by atoms with Crippen LogP contribution in [0.4, 0.5) is 0 Å². The number of halogens is 1. The van der Waals surface area contributed by atoms with E-state index in [0.717, 1.165) is 0 Å². The lowest BCUT2D eigenvalue weighted by Crippen LogP contribution is -2.25. The third-order valence-corrected chi connectivity index (χ3v) is 2.29. The maximum absolute atomic E-state index is 11.4. The van der Waals surface area contributed by atoms with Gasteiger partial charge in [0.2, 0.25) is 0 Å². The van der Waals surface area contributed by atoms with E-state index >= 15 is 0 Å². The number of aromatic nitrogens is 1. The van der Waals surface area contributed by atoms with E-state index in [1.54, 1.807) is 24.3 Å². The first-order chi connectivity index (χ1) is 7.24. The average Bonchev–Trinajstić information content (AvgIpc) is 2.24. The van der Waals surface area contributed by atoms with Crippen molar-refractivity contribution >= 4 is 22.5 Å². The Kier molecular flexibility index (Phi) is 2.60. The van der Waals surface area contributed by atoms with E-state index in [0.29, 0.717) is 17.4 Å². The Balaban J connectivity index is 2.90. The van der Waals surface area contributed by atoms with Gasteiger partial charge in [-0.2, -0.15) is 0 Å². The summed E-state index contributed by atoms with van der Waals surface area (Å²) in [5.74, 6) is -0.378. The molecule has 1 aromatic heterocycles. The van der Waals surface area contributed by atoms with Crippen LogP contribution in [-0.4, -0.2) is 10.4 Å². The minimum absolute atomic E-state index is 0.289. The van der Waals surface area contributed by atoms with Crippen molar-refractivity contribution in [3.05, 3.63) is 45.2 Å². The van der Waals surface area contributed by atoms with E-state index in [9.17, 15) is 9.59 Å². The highest BCUT2D eigenvalue weighted by Crippen LogP contribution is 2.06. The van der Waals surface area contributed by atoms with E-state index in [-0.39, 0.29) is 5.88 Å². The molecule has 2 rings (SSSR count). The summed E-state index contributed by atoms with van der Waals surface area (Å²) in [6.07, 6.45) is 0. The maximum Gasteiger partial charge on any atom is 0.422 e. The average molecular weight is 226 g/mol. The molecule has 0 aliphatic heterocycles. The lowest BCUT2D eigenvalue weighted by Gasteiger charge is -2.05. The fraction of sp³-hybridized carbons (Fsp3) is 0.200. The zero-order chi connectivity index (χ0) is 10.8. The van der Waals surface area contributed by atoms with Crippen LogP contribution in [0.25, 0.3) is 10.9 Å². The monoisotopic (exact) mass is 225 g/mol. The number of alkyl halides is 1. The molecule has 0 fully saturated rings. The first kappa shape index (κ1) is 9.98. The van der Waals surface area contributed by atoms with Crippen LogP contribution in [0.5, 0.6) is 0 Å². The summed E-state index contributed by atoms with van der Waals surface area (Å²) in [6, 6.07) is 6.78. The van der Waals surface area contributed by atoms with Gasteiger partial charge in [0, 0.05) is 12.4 Å². The van der Waals surface area contributed by atoms with Crippen LogP contribution < -0.4 is 11.4 Å². The molecular weight excluding hydrogens is 218 g/mol. The van der Waals surface area contributed by atoms with Crippen molar-refractivity contribution in [3.63, 3.8) is 0 Å². The van der Waals surface area contributed by atoms with Crippen molar-refractivity contribution in [3.8, 4) is 0 Å². The number of rotatable bonds is 2. The molecule has 0 spiro atoms. The van der Waals surface area contributed by atoms with Gasteiger partial charge in [0.25, 0.3) is 0 Å². The minimum atomic E-state index is -0.667. The van der Waals surface area contributed by atoms with Crippen LogP contribution in [0.2, 0.25) is 0 Å². The Hall–Kier alpha value is -1.55. The van der Waals surface area contributed by atoms with E-state index < -0.39 is 11.4 Å². The second-order valence-corrected chi connectivity index (χ2v) is 3.39. The molecule has 2 aromatic rings. The van der Waals surface area contributed by atoms with Crippen molar-refractivity contribution in [2.24, 2.45) is 0 Å². The Labute approximate surface area is 89.7 Å². The quantitative estimate of drug-likeness (QED) is 0.722. The molecule has 4 nitrogen and oxygen atoms in total. The molecule has 0 saturated carbocycles. The van der Waals surface area contributed by atoms with Gasteiger partial charge in [0.15, 0.2) is 0 Å². The Bertz CT molecular complexity index is 599. The Morgan fingerprint density at radius 3 is 2.73 bits per heavy atom. The second kappa shape index (κ2) is 3.90. The van der Waals surface area contributed by atoms with Crippen LogP contribution in [0.15, 0.2) is 38.3 Å². The molecule has 0 aliphatic rings. The second-order valence-electron chi connectivity index (χ2n) is 3.01. The molecule has 0 radical (unpaired) electrons. The molecule has 0 aliphatic carbocycles. The van der Waals surface area contributed by atoms with Crippen molar-refractivity contribution in [2.75, 3.05) is 5.88 Å². The van der Waals surface area contributed by atoms with Gasteiger partial charge < -0.3 is 4.42 Å². The highest BCUT2D eigenvalue weighted by Gasteiger charge is 2.07. The van der Waals surface area contributed by atoms with Gasteiger partial charge in [-0.1, -0.05) is 12.1 Å². The van der Waals surface area contributed by atoms with E-state index in [2.05, 4.69) is 4.42 Å².